The minimum atomic E-state index is -3.29. The van der Waals surface area contributed by atoms with Crippen molar-refractivity contribution >= 4 is 21.4 Å². The summed E-state index contributed by atoms with van der Waals surface area (Å²) in [4.78, 5) is 0. The predicted molar refractivity (Wildman–Crippen MR) is 67.5 cm³/mol. The topological polar surface area (TPSA) is 81.4 Å². The average Bonchev–Trinajstić information content (AvgIpc) is 3.03. The summed E-state index contributed by atoms with van der Waals surface area (Å²) < 4.78 is 31.2. The number of sulfonamides is 1. The molecule has 0 unspecified atom stereocenters. The number of ether oxygens (including phenoxy) is 1. The summed E-state index contributed by atoms with van der Waals surface area (Å²) >= 11 is 0. The molecule has 6 heteroatoms. The van der Waals surface area contributed by atoms with Gasteiger partial charge in [0.1, 0.15) is 5.75 Å². The average molecular weight is 256 g/mol. The third kappa shape index (κ3) is 3.26. The smallest absolute Gasteiger partial charge is 0.233 e. The second-order valence-electron chi connectivity index (χ2n) is 4.29. The van der Waals surface area contributed by atoms with Crippen LogP contribution in [-0.2, 0) is 10.0 Å². The van der Waals surface area contributed by atoms with E-state index in [2.05, 4.69) is 4.72 Å². The van der Waals surface area contributed by atoms with Crippen molar-refractivity contribution in [2.24, 2.45) is 5.92 Å². The number of rotatable bonds is 5. The number of hydrogen-bond donors (Lipinski definition) is 2. The zero-order valence-electron chi connectivity index (χ0n) is 9.64. The van der Waals surface area contributed by atoms with Crippen LogP contribution in [0.25, 0.3) is 0 Å². The van der Waals surface area contributed by atoms with Gasteiger partial charge in [0.05, 0.1) is 18.6 Å². The maximum atomic E-state index is 11.8. The Kier molecular flexibility index (Phi) is 3.15. The van der Waals surface area contributed by atoms with E-state index in [1.54, 1.807) is 18.2 Å². The Hall–Kier alpha value is -1.43. The number of hydrogen-bond acceptors (Lipinski definition) is 4. The Bertz CT molecular complexity index is 509. The number of nitrogens with two attached hydrogens (primary N) is 1. The van der Waals surface area contributed by atoms with Crippen molar-refractivity contribution in [3.63, 3.8) is 0 Å². The minimum absolute atomic E-state index is 0.181. The Morgan fingerprint density at radius 2 is 2.18 bits per heavy atom. The molecule has 1 aliphatic rings. The van der Waals surface area contributed by atoms with Gasteiger partial charge in [0.2, 0.25) is 10.0 Å². The van der Waals surface area contributed by atoms with Crippen molar-refractivity contribution in [1.29, 1.82) is 0 Å². The summed E-state index contributed by atoms with van der Waals surface area (Å²) in [5, 5.41) is 0. The van der Waals surface area contributed by atoms with Crippen molar-refractivity contribution in [1.82, 2.24) is 0 Å². The van der Waals surface area contributed by atoms with E-state index in [9.17, 15) is 8.42 Å². The van der Waals surface area contributed by atoms with Crippen molar-refractivity contribution in [3.8, 4) is 5.75 Å². The Morgan fingerprint density at radius 1 is 1.47 bits per heavy atom. The number of nitrogen functional groups attached to an aromatic ring is 1. The molecule has 0 saturated heterocycles. The number of nitrogens with one attached hydrogen (secondary N) is 1. The lowest BCUT2D eigenvalue weighted by Gasteiger charge is -2.12. The first-order valence-electron chi connectivity index (χ1n) is 5.44. The summed E-state index contributed by atoms with van der Waals surface area (Å²) in [6.07, 6.45) is 2.00. The summed E-state index contributed by atoms with van der Waals surface area (Å²) in [6.45, 7) is 0. The highest BCUT2D eigenvalue weighted by Gasteiger charge is 2.28. The van der Waals surface area contributed by atoms with Crippen LogP contribution < -0.4 is 15.2 Å². The largest absolute Gasteiger partial charge is 0.494 e. The van der Waals surface area contributed by atoms with Crippen molar-refractivity contribution < 1.29 is 13.2 Å². The highest BCUT2D eigenvalue weighted by atomic mass is 32.2. The van der Waals surface area contributed by atoms with Gasteiger partial charge in [-0.3, -0.25) is 4.72 Å². The predicted octanol–water partition coefficient (Wildman–Crippen LogP) is 1.43. The van der Waals surface area contributed by atoms with E-state index in [4.69, 9.17) is 10.5 Å². The van der Waals surface area contributed by atoms with E-state index in [0.717, 1.165) is 12.8 Å². The molecule has 1 fully saturated rings. The first-order valence-corrected chi connectivity index (χ1v) is 7.09. The van der Waals surface area contributed by atoms with Crippen molar-refractivity contribution in [3.05, 3.63) is 18.2 Å². The van der Waals surface area contributed by atoms with Gasteiger partial charge in [0.15, 0.2) is 0 Å². The minimum Gasteiger partial charge on any atom is -0.494 e. The molecule has 94 valence electrons. The summed E-state index contributed by atoms with van der Waals surface area (Å²) in [6, 6.07) is 4.84. The molecule has 0 atom stereocenters. The van der Waals surface area contributed by atoms with Crippen LogP contribution in [0, 0.1) is 5.92 Å². The van der Waals surface area contributed by atoms with Gasteiger partial charge in [-0.2, -0.15) is 0 Å². The maximum absolute atomic E-state index is 11.8. The molecule has 0 radical (unpaired) electrons. The Labute approximate surface area is 101 Å². The number of anilines is 2. The lowest BCUT2D eigenvalue weighted by molar-refractivity contribution is 0.417. The summed E-state index contributed by atoms with van der Waals surface area (Å²) in [7, 11) is -1.81. The van der Waals surface area contributed by atoms with Crippen molar-refractivity contribution in [2.45, 2.75) is 12.8 Å². The highest BCUT2D eigenvalue weighted by Crippen LogP contribution is 2.32. The molecule has 0 spiro atoms. The molecule has 0 amide bonds. The molecule has 0 bridgehead atoms. The number of methoxy groups -OCH3 is 1. The molecule has 1 aromatic carbocycles. The zero-order chi connectivity index (χ0) is 12.5. The van der Waals surface area contributed by atoms with Crippen LogP contribution in [0.3, 0.4) is 0 Å². The van der Waals surface area contributed by atoms with Gasteiger partial charge in [-0.15, -0.1) is 0 Å². The lowest BCUT2D eigenvalue weighted by Crippen LogP contribution is -2.18. The van der Waals surface area contributed by atoms with Gasteiger partial charge in [-0.25, -0.2) is 8.42 Å². The molecule has 0 aliphatic heterocycles. The lowest BCUT2D eigenvalue weighted by atomic mass is 10.2. The van der Waals surface area contributed by atoms with Gasteiger partial charge in [-0.05, 0) is 30.9 Å². The Morgan fingerprint density at radius 3 is 2.76 bits per heavy atom. The second-order valence-corrected chi connectivity index (χ2v) is 6.05. The normalized spacial score (nSPS) is 15.6. The molecule has 1 aliphatic carbocycles. The fraction of sp³-hybridized carbons (Fsp3) is 0.455. The molecule has 0 aromatic heterocycles. The molecule has 0 heterocycles. The van der Waals surface area contributed by atoms with E-state index in [-0.39, 0.29) is 5.75 Å². The zero-order valence-corrected chi connectivity index (χ0v) is 10.5. The third-order valence-electron chi connectivity index (χ3n) is 2.64. The van der Waals surface area contributed by atoms with Crippen LogP contribution in [0.2, 0.25) is 0 Å². The second kappa shape index (κ2) is 4.44. The molecular formula is C11H16N2O3S. The third-order valence-corrected chi connectivity index (χ3v) is 4.08. The quantitative estimate of drug-likeness (QED) is 0.781. The van der Waals surface area contributed by atoms with Crippen LogP contribution in [0.4, 0.5) is 11.4 Å². The molecular weight excluding hydrogens is 240 g/mol. The van der Waals surface area contributed by atoms with Gasteiger partial charge < -0.3 is 10.5 Å². The molecule has 1 aromatic rings. The molecule has 1 saturated carbocycles. The van der Waals surface area contributed by atoms with E-state index in [1.165, 1.54) is 7.11 Å². The van der Waals surface area contributed by atoms with Gasteiger partial charge in [0.25, 0.3) is 0 Å². The summed E-state index contributed by atoms with van der Waals surface area (Å²) in [5.74, 6) is 0.928. The molecule has 2 rings (SSSR count). The standard InChI is InChI=1S/C11H16N2O3S/c1-16-11-6-9(12)4-5-10(11)13-17(14,15)7-8-2-3-8/h4-6,8,13H,2-3,7,12H2,1H3. The maximum Gasteiger partial charge on any atom is 0.233 e. The van der Waals surface area contributed by atoms with Gasteiger partial charge in [-0.1, -0.05) is 0 Å². The van der Waals surface area contributed by atoms with Crippen LogP contribution in [0.15, 0.2) is 18.2 Å². The van der Waals surface area contributed by atoms with E-state index in [1.807, 2.05) is 0 Å². The van der Waals surface area contributed by atoms with Crippen LogP contribution in [0.1, 0.15) is 12.8 Å². The van der Waals surface area contributed by atoms with Crippen LogP contribution in [0.5, 0.6) is 5.75 Å². The van der Waals surface area contributed by atoms with Gasteiger partial charge in [0, 0.05) is 11.8 Å². The van der Waals surface area contributed by atoms with E-state index >= 15 is 0 Å². The van der Waals surface area contributed by atoms with E-state index < -0.39 is 10.0 Å². The fourth-order valence-electron chi connectivity index (χ4n) is 1.60. The van der Waals surface area contributed by atoms with Crippen LogP contribution >= 0.6 is 0 Å². The first kappa shape index (κ1) is 12.0. The Balaban J connectivity index is 2.16. The number of benzene rings is 1. The molecule has 5 nitrogen and oxygen atoms in total. The van der Waals surface area contributed by atoms with Crippen molar-refractivity contribution in [2.75, 3.05) is 23.3 Å². The monoisotopic (exact) mass is 256 g/mol. The summed E-state index contributed by atoms with van der Waals surface area (Å²) in [5.41, 5.74) is 6.57. The fourth-order valence-corrected chi connectivity index (χ4v) is 3.14. The van der Waals surface area contributed by atoms with Gasteiger partial charge >= 0.3 is 0 Å². The molecule has 3 N–H and O–H groups in total. The van der Waals surface area contributed by atoms with E-state index in [0.29, 0.717) is 23.0 Å². The molecule has 17 heavy (non-hydrogen) atoms. The SMILES string of the molecule is COc1cc(N)ccc1NS(=O)(=O)CC1CC1. The highest BCUT2D eigenvalue weighted by molar-refractivity contribution is 7.92. The van der Waals surface area contributed by atoms with Crippen LogP contribution in [-0.4, -0.2) is 21.3 Å². The first-order chi connectivity index (χ1) is 8.00.